The van der Waals surface area contributed by atoms with Gasteiger partial charge in [0.05, 0.1) is 10.6 Å². The Labute approximate surface area is 242 Å². The highest BCUT2D eigenvalue weighted by atomic mass is 32.2. The van der Waals surface area contributed by atoms with E-state index < -0.39 is 9.84 Å². The summed E-state index contributed by atoms with van der Waals surface area (Å²) in [5.74, 6) is 0.619. The van der Waals surface area contributed by atoms with Crippen LogP contribution >= 0.6 is 11.8 Å². The summed E-state index contributed by atoms with van der Waals surface area (Å²) in [6, 6.07) is 21.4. The van der Waals surface area contributed by atoms with Gasteiger partial charge in [0.15, 0.2) is 9.84 Å². The molecule has 0 spiro atoms. The largest absolute Gasteiger partial charge is 0.382 e. The molecule has 0 fully saturated rings. The van der Waals surface area contributed by atoms with Crippen molar-refractivity contribution in [1.82, 2.24) is 4.90 Å². The molecule has 3 aromatic carbocycles. The number of carbonyl (C=O) groups is 1. The number of hydrogen-bond acceptors (Lipinski definition) is 6. The van der Waals surface area contributed by atoms with Crippen LogP contribution in [0.15, 0.2) is 82.1 Å². The van der Waals surface area contributed by atoms with Crippen LogP contribution in [0, 0.1) is 0 Å². The van der Waals surface area contributed by atoms with Gasteiger partial charge in [0.2, 0.25) is 0 Å². The topological polar surface area (TPSA) is 75.7 Å². The van der Waals surface area contributed by atoms with Crippen molar-refractivity contribution in [2.75, 3.05) is 43.6 Å². The van der Waals surface area contributed by atoms with Gasteiger partial charge in [0.25, 0.3) is 5.91 Å². The lowest BCUT2D eigenvalue weighted by atomic mass is 10.0. The van der Waals surface area contributed by atoms with Crippen LogP contribution < -0.4 is 5.32 Å². The molecule has 0 unspecified atom stereocenters. The number of rotatable bonds is 12. The highest BCUT2D eigenvalue weighted by Gasteiger charge is 2.25. The lowest BCUT2D eigenvalue weighted by molar-refractivity contribution is -0.112. The molecule has 1 aliphatic heterocycles. The molecule has 0 saturated carbocycles. The van der Waals surface area contributed by atoms with Gasteiger partial charge in [-0.1, -0.05) is 37.3 Å². The Balaban J connectivity index is 1.47. The van der Waals surface area contributed by atoms with E-state index in [9.17, 15) is 13.2 Å². The number of thioether (sulfide) groups is 1. The molecular weight excluding hydrogens is 540 g/mol. The van der Waals surface area contributed by atoms with Crippen molar-refractivity contribution < 1.29 is 17.9 Å². The number of nitrogens with one attached hydrogen (secondary N) is 1. The van der Waals surface area contributed by atoms with E-state index in [1.807, 2.05) is 55.5 Å². The van der Waals surface area contributed by atoms with E-state index in [1.54, 1.807) is 23.9 Å². The average molecular weight is 579 g/mol. The molecule has 0 radical (unpaired) electrons. The predicted octanol–water partition coefficient (Wildman–Crippen LogP) is 6.52. The summed E-state index contributed by atoms with van der Waals surface area (Å²) in [5, 5.41) is 2.96. The maximum atomic E-state index is 13.2. The van der Waals surface area contributed by atoms with E-state index in [4.69, 9.17) is 4.74 Å². The van der Waals surface area contributed by atoms with Crippen LogP contribution in [0.4, 0.5) is 5.69 Å². The average Bonchev–Trinajstić information content (AvgIpc) is 3.08. The lowest BCUT2D eigenvalue weighted by Gasteiger charge is -2.17. The number of nitrogens with zero attached hydrogens (tertiary/aromatic N) is 1. The normalized spacial score (nSPS) is 14.3. The fourth-order valence-electron chi connectivity index (χ4n) is 4.70. The number of sulfone groups is 1. The Morgan fingerprint density at radius 2 is 1.73 bits per heavy atom. The third-order valence-corrected chi connectivity index (χ3v) is 9.48. The number of ether oxygens (including phenoxy) is 1. The molecule has 1 heterocycles. The molecule has 40 heavy (non-hydrogen) atoms. The van der Waals surface area contributed by atoms with Gasteiger partial charge in [0.1, 0.15) is 0 Å². The summed E-state index contributed by atoms with van der Waals surface area (Å²) >= 11 is 1.78. The van der Waals surface area contributed by atoms with E-state index in [2.05, 4.69) is 36.3 Å². The van der Waals surface area contributed by atoms with Crippen LogP contribution in [0.25, 0.3) is 17.2 Å². The highest BCUT2D eigenvalue weighted by Crippen LogP contribution is 2.32. The SMILES string of the molecule is CCOCCCN(C)Cc1ccc(NC(=O)C2=Cc3cc(-c4ccc(SCC)cc4)ccc3S(=O)(=O)CC2)cc1. The predicted molar refractivity (Wildman–Crippen MR) is 165 cm³/mol. The molecule has 0 atom stereocenters. The zero-order chi connectivity index (χ0) is 28.5. The fraction of sp³-hybridized carbons (Fsp3) is 0.344. The van der Waals surface area contributed by atoms with Crippen molar-refractivity contribution in [3.05, 3.63) is 83.4 Å². The molecule has 0 saturated heterocycles. The van der Waals surface area contributed by atoms with Crippen molar-refractivity contribution in [3.8, 4) is 11.1 Å². The van der Waals surface area contributed by atoms with Gasteiger partial charge in [-0.25, -0.2) is 8.42 Å². The Morgan fingerprint density at radius 3 is 2.42 bits per heavy atom. The van der Waals surface area contributed by atoms with Gasteiger partial charge >= 0.3 is 0 Å². The first-order valence-corrected chi connectivity index (χ1v) is 16.4. The summed E-state index contributed by atoms with van der Waals surface area (Å²) in [5.41, 5.74) is 4.75. The monoisotopic (exact) mass is 578 g/mol. The van der Waals surface area contributed by atoms with Gasteiger partial charge in [-0.15, -0.1) is 11.8 Å². The summed E-state index contributed by atoms with van der Waals surface area (Å²) in [7, 11) is -1.42. The van der Waals surface area contributed by atoms with Gasteiger partial charge < -0.3 is 15.0 Å². The fourth-order valence-corrected chi connectivity index (χ4v) is 6.83. The number of fused-ring (bicyclic) bond motifs is 1. The maximum absolute atomic E-state index is 13.2. The minimum absolute atomic E-state index is 0.101. The number of anilines is 1. The first-order valence-electron chi connectivity index (χ1n) is 13.8. The second-order valence-electron chi connectivity index (χ2n) is 9.89. The third-order valence-electron chi connectivity index (χ3n) is 6.80. The van der Waals surface area contributed by atoms with Gasteiger partial charge in [-0.05, 0) is 97.3 Å². The van der Waals surface area contributed by atoms with E-state index in [0.29, 0.717) is 16.8 Å². The molecule has 8 heteroatoms. The summed E-state index contributed by atoms with van der Waals surface area (Å²) in [6.07, 6.45) is 2.87. The minimum atomic E-state index is -3.51. The molecule has 0 aliphatic carbocycles. The molecular formula is C32H38N2O4S2. The van der Waals surface area contributed by atoms with Crippen molar-refractivity contribution in [3.63, 3.8) is 0 Å². The molecule has 212 valence electrons. The molecule has 0 bridgehead atoms. The minimum Gasteiger partial charge on any atom is -0.382 e. The Hall–Kier alpha value is -2.91. The van der Waals surface area contributed by atoms with E-state index in [-0.39, 0.29) is 23.0 Å². The molecule has 0 aromatic heterocycles. The number of carbonyl (C=O) groups excluding carboxylic acids is 1. The van der Waals surface area contributed by atoms with Crippen LogP contribution in [0.3, 0.4) is 0 Å². The summed E-state index contributed by atoms with van der Waals surface area (Å²) < 4.78 is 31.5. The highest BCUT2D eigenvalue weighted by molar-refractivity contribution is 7.99. The first-order chi connectivity index (χ1) is 19.3. The Morgan fingerprint density at radius 1 is 1.00 bits per heavy atom. The zero-order valence-electron chi connectivity index (χ0n) is 23.5. The van der Waals surface area contributed by atoms with Gasteiger partial charge in [-0.2, -0.15) is 0 Å². The smallest absolute Gasteiger partial charge is 0.251 e. The van der Waals surface area contributed by atoms with E-state index in [1.165, 1.54) is 4.90 Å². The van der Waals surface area contributed by atoms with Crippen molar-refractivity contribution in [2.24, 2.45) is 0 Å². The maximum Gasteiger partial charge on any atom is 0.251 e. The number of hydrogen-bond donors (Lipinski definition) is 1. The van der Waals surface area contributed by atoms with Crippen LogP contribution in [0.2, 0.25) is 0 Å². The molecule has 6 nitrogen and oxygen atoms in total. The number of benzene rings is 3. The van der Waals surface area contributed by atoms with Crippen LogP contribution in [0.5, 0.6) is 0 Å². The van der Waals surface area contributed by atoms with Gasteiger partial charge in [0, 0.05) is 42.5 Å². The molecule has 1 N–H and O–H groups in total. The summed E-state index contributed by atoms with van der Waals surface area (Å²) in [6.45, 7) is 7.38. The summed E-state index contributed by atoms with van der Waals surface area (Å²) in [4.78, 5) is 16.9. The third kappa shape index (κ3) is 8.07. The second-order valence-corrected chi connectivity index (χ2v) is 13.3. The van der Waals surface area contributed by atoms with Crippen LogP contribution in [-0.4, -0.2) is 57.5 Å². The molecule has 3 aromatic rings. The standard InChI is InChI=1S/C32H38N2O4S2/c1-4-38-19-6-18-34(3)23-24-7-12-29(13-8-24)33-32(35)27-17-20-40(36,37)31-16-11-26(21-28(31)22-27)25-9-14-30(15-10-25)39-5-2/h7-16,21-22H,4-6,17-20,23H2,1-3H3,(H,33,35). The van der Waals surface area contributed by atoms with Crippen LogP contribution in [-0.2, 0) is 25.9 Å². The van der Waals surface area contributed by atoms with E-state index >= 15 is 0 Å². The van der Waals surface area contributed by atoms with Crippen molar-refractivity contribution in [2.45, 2.75) is 43.0 Å². The van der Waals surface area contributed by atoms with E-state index in [0.717, 1.165) is 55.2 Å². The molecule has 1 amide bonds. The Kier molecular flexibility index (Phi) is 10.6. The van der Waals surface area contributed by atoms with Crippen LogP contribution in [0.1, 0.15) is 37.8 Å². The van der Waals surface area contributed by atoms with Crippen molar-refractivity contribution in [1.29, 1.82) is 0 Å². The van der Waals surface area contributed by atoms with Crippen molar-refractivity contribution >= 4 is 39.3 Å². The molecule has 4 rings (SSSR count). The first kappa shape index (κ1) is 30.1. The second kappa shape index (κ2) is 14.1. The quantitative estimate of drug-likeness (QED) is 0.195. The zero-order valence-corrected chi connectivity index (χ0v) is 25.1. The lowest BCUT2D eigenvalue weighted by Crippen LogP contribution is -2.20. The number of amides is 1. The van der Waals surface area contributed by atoms with Gasteiger partial charge in [-0.3, -0.25) is 4.79 Å². The Bertz CT molecular complexity index is 1430. The molecule has 1 aliphatic rings.